The molecule has 164 valence electrons. The van der Waals surface area contributed by atoms with E-state index in [1.165, 1.54) is 51.4 Å². The lowest BCUT2D eigenvalue weighted by Gasteiger charge is -2.44. The summed E-state index contributed by atoms with van der Waals surface area (Å²) in [5.41, 5.74) is 3.88. The van der Waals surface area contributed by atoms with Gasteiger partial charge in [0.15, 0.2) is 0 Å². The first-order valence-electron chi connectivity index (χ1n) is 12.2. The molecule has 3 aliphatic rings. The minimum Gasteiger partial charge on any atom is -0.393 e. The predicted octanol–water partition coefficient (Wildman–Crippen LogP) is 6.59. The van der Waals surface area contributed by atoms with Gasteiger partial charge in [0.25, 0.3) is 0 Å². The van der Waals surface area contributed by atoms with Crippen LogP contribution in [0, 0.1) is 29.1 Å². The van der Waals surface area contributed by atoms with E-state index in [-0.39, 0.29) is 0 Å². The summed E-state index contributed by atoms with van der Waals surface area (Å²) in [6, 6.07) is 0. The molecule has 0 aliphatic heterocycles. The van der Waals surface area contributed by atoms with E-state index in [0.717, 1.165) is 28.9 Å². The van der Waals surface area contributed by atoms with Crippen molar-refractivity contribution in [3.8, 4) is 0 Å². The number of rotatable bonds is 6. The van der Waals surface area contributed by atoms with E-state index in [2.05, 4.69) is 46.4 Å². The van der Waals surface area contributed by atoms with E-state index in [1.807, 2.05) is 0 Å². The van der Waals surface area contributed by atoms with Gasteiger partial charge in [0.2, 0.25) is 0 Å². The number of fused-ring (bicyclic) bond motifs is 1. The minimum atomic E-state index is -0.595. The summed E-state index contributed by atoms with van der Waals surface area (Å²) in [7, 11) is 0. The van der Waals surface area contributed by atoms with Gasteiger partial charge >= 0.3 is 0 Å². The van der Waals surface area contributed by atoms with Gasteiger partial charge < -0.3 is 10.2 Å². The van der Waals surface area contributed by atoms with Gasteiger partial charge in [-0.05, 0) is 78.8 Å². The fourth-order valence-electron chi connectivity index (χ4n) is 6.73. The first-order chi connectivity index (χ1) is 13.7. The molecule has 0 spiro atoms. The highest BCUT2D eigenvalue weighted by Crippen LogP contribution is 2.59. The molecule has 2 N–H and O–H groups in total. The van der Waals surface area contributed by atoms with Crippen molar-refractivity contribution >= 4 is 0 Å². The van der Waals surface area contributed by atoms with Crippen LogP contribution in [0.1, 0.15) is 91.9 Å². The lowest BCUT2D eigenvalue weighted by Crippen LogP contribution is -2.36. The molecule has 0 radical (unpaired) electrons. The number of aliphatic hydroxyl groups excluding tert-OH is 2. The Kier molecular flexibility index (Phi) is 7.49. The normalized spacial score (nSPS) is 39.3. The molecule has 0 aromatic carbocycles. The van der Waals surface area contributed by atoms with Crippen molar-refractivity contribution < 1.29 is 10.2 Å². The Morgan fingerprint density at radius 2 is 1.90 bits per heavy atom. The number of hydrogen-bond acceptors (Lipinski definition) is 2. The van der Waals surface area contributed by atoms with Crippen LogP contribution in [0.15, 0.2) is 35.5 Å². The maximum Gasteiger partial charge on any atom is 0.0811 e. The predicted molar refractivity (Wildman–Crippen MR) is 123 cm³/mol. The molecule has 3 saturated carbocycles. The first kappa shape index (κ1) is 22.8. The highest BCUT2D eigenvalue weighted by molar-refractivity contribution is 5.38. The average Bonchev–Trinajstić information content (AvgIpc) is 3.00. The zero-order chi connectivity index (χ0) is 21.2. The van der Waals surface area contributed by atoms with Gasteiger partial charge in [0, 0.05) is 6.42 Å². The Labute approximate surface area is 179 Å². The van der Waals surface area contributed by atoms with Crippen molar-refractivity contribution in [2.24, 2.45) is 29.1 Å². The monoisotopic (exact) mass is 400 g/mol. The van der Waals surface area contributed by atoms with E-state index in [1.54, 1.807) is 5.57 Å². The lowest BCUT2D eigenvalue weighted by atomic mass is 9.60. The van der Waals surface area contributed by atoms with Crippen LogP contribution in [0.2, 0.25) is 0 Å². The van der Waals surface area contributed by atoms with Crippen molar-refractivity contribution in [3.63, 3.8) is 0 Å². The van der Waals surface area contributed by atoms with Crippen molar-refractivity contribution in [3.05, 3.63) is 35.5 Å². The zero-order valence-electron chi connectivity index (χ0n) is 19.3. The first-order valence-corrected chi connectivity index (χ1v) is 12.2. The Bertz CT molecular complexity index is 643. The Morgan fingerprint density at radius 3 is 2.62 bits per heavy atom. The summed E-state index contributed by atoms with van der Waals surface area (Å²) in [5.74, 6) is 3.20. The van der Waals surface area contributed by atoms with Crippen molar-refractivity contribution in [1.82, 2.24) is 0 Å². The van der Waals surface area contributed by atoms with Crippen LogP contribution in [0.5, 0.6) is 0 Å². The standard InChI is InChI=1S/C27H44O2/c1-18(2)8-6-9-19(3)24-13-14-25-21(10-7-15-27(24,25)5)11-12-22-16-23(28)17-26(29)20(22)4/h11-12,18-19,23-26,28-29H,4,6-10,13-17H2,1-3,5H3/t19-,23-,24-,25+,26-,27-/m1/s1. The van der Waals surface area contributed by atoms with E-state index in [4.69, 9.17) is 0 Å². The van der Waals surface area contributed by atoms with Crippen molar-refractivity contribution in [1.29, 1.82) is 0 Å². The van der Waals surface area contributed by atoms with E-state index >= 15 is 0 Å². The molecule has 0 bridgehead atoms. The van der Waals surface area contributed by atoms with E-state index in [0.29, 0.717) is 24.2 Å². The van der Waals surface area contributed by atoms with Gasteiger partial charge in [-0.1, -0.05) is 71.3 Å². The topological polar surface area (TPSA) is 40.5 Å². The van der Waals surface area contributed by atoms with Crippen LogP contribution in [0.3, 0.4) is 0 Å². The molecular formula is C27H44O2. The van der Waals surface area contributed by atoms with E-state index in [9.17, 15) is 10.2 Å². The third kappa shape index (κ3) is 5.07. The summed E-state index contributed by atoms with van der Waals surface area (Å²) in [6.07, 6.45) is 15.2. The maximum absolute atomic E-state index is 10.1. The fraction of sp³-hybridized carbons (Fsp3) is 0.778. The summed E-state index contributed by atoms with van der Waals surface area (Å²) in [6.45, 7) is 13.8. The molecule has 3 rings (SSSR count). The third-order valence-electron chi connectivity index (χ3n) is 8.43. The number of aliphatic hydroxyl groups is 2. The van der Waals surface area contributed by atoms with Gasteiger partial charge in [-0.3, -0.25) is 0 Å². The molecule has 6 atom stereocenters. The lowest BCUT2D eigenvalue weighted by molar-refractivity contribution is 0.0861. The van der Waals surface area contributed by atoms with Crippen LogP contribution in [-0.2, 0) is 0 Å². The average molecular weight is 401 g/mol. The molecule has 0 unspecified atom stereocenters. The Balaban J connectivity index is 1.71. The highest BCUT2D eigenvalue weighted by Gasteiger charge is 2.50. The molecule has 0 heterocycles. The summed E-state index contributed by atoms with van der Waals surface area (Å²) < 4.78 is 0. The second-order valence-corrected chi connectivity index (χ2v) is 11.0. The van der Waals surface area contributed by atoms with Crippen LogP contribution in [-0.4, -0.2) is 22.4 Å². The van der Waals surface area contributed by atoms with Gasteiger partial charge in [-0.2, -0.15) is 0 Å². The van der Waals surface area contributed by atoms with Crippen LogP contribution >= 0.6 is 0 Å². The molecule has 3 aliphatic carbocycles. The third-order valence-corrected chi connectivity index (χ3v) is 8.43. The quantitative estimate of drug-likeness (QED) is 0.528. The maximum atomic E-state index is 10.1. The Morgan fingerprint density at radius 1 is 1.14 bits per heavy atom. The molecule has 2 nitrogen and oxygen atoms in total. The minimum absolute atomic E-state index is 0.420. The van der Waals surface area contributed by atoms with Crippen LogP contribution in [0.25, 0.3) is 0 Å². The van der Waals surface area contributed by atoms with Crippen LogP contribution in [0.4, 0.5) is 0 Å². The highest BCUT2D eigenvalue weighted by atomic mass is 16.3. The number of hydrogen-bond donors (Lipinski definition) is 2. The van der Waals surface area contributed by atoms with Gasteiger partial charge in [0.05, 0.1) is 12.2 Å². The molecule has 0 aromatic heterocycles. The largest absolute Gasteiger partial charge is 0.393 e. The van der Waals surface area contributed by atoms with Crippen molar-refractivity contribution in [2.45, 2.75) is 104 Å². The SMILES string of the molecule is C=C1C(=CC=C2CCC[C@]3(C)[C@@H]([C@H](C)CCCC(C)C)CC[C@@H]23)C[C@@H](O)C[C@H]1O. The second-order valence-electron chi connectivity index (χ2n) is 11.0. The van der Waals surface area contributed by atoms with E-state index < -0.39 is 12.2 Å². The summed E-state index contributed by atoms with van der Waals surface area (Å²) in [5, 5.41) is 20.2. The zero-order valence-corrected chi connectivity index (χ0v) is 19.3. The number of allylic oxidation sites excluding steroid dienone is 3. The van der Waals surface area contributed by atoms with Gasteiger partial charge in [-0.25, -0.2) is 0 Å². The van der Waals surface area contributed by atoms with Crippen molar-refractivity contribution in [2.75, 3.05) is 0 Å². The molecular weight excluding hydrogens is 356 g/mol. The molecule has 0 amide bonds. The molecule has 3 fully saturated rings. The van der Waals surface area contributed by atoms with Gasteiger partial charge in [0.1, 0.15) is 0 Å². The van der Waals surface area contributed by atoms with Crippen LogP contribution < -0.4 is 0 Å². The molecule has 0 aromatic rings. The van der Waals surface area contributed by atoms with Gasteiger partial charge in [-0.15, -0.1) is 0 Å². The second kappa shape index (κ2) is 9.52. The molecule has 2 heteroatoms. The molecule has 29 heavy (non-hydrogen) atoms. The summed E-state index contributed by atoms with van der Waals surface area (Å²) >= 11 is 0. The molecule has 0 saturated heterocycles. The Hall–Kier alpha value is -0.860. The summed E-state index contributed by atoms with van der Waals surface area (Å²) in [4.78, 5) is 0. The fourth-order valence-corrected chi connectivity index (χ4v) is 6.73. The smallest absolute Gasteiger partial charge is 0.0811 e.